The molecule has 0 aromatic rings. The lowest BCUT2D eigenvalue weighted by atomic mass is 11.1. The van der Waals surface area contributed by atoms with Crippen LogP contribution in [-0.4, -0.2) is 17.4 Å². The number of hydrogen-bond donors (Lipinski definition) is 0. The minimum absolute atomic E-state index is 0.0416. The van der Waals surface area contributed by atoms with Gasteiger partial charge in [0.2, 0.25) is 0 Å². The minimum Gasteiger partial charge on any atom is -0.259 e. The summed E-state index contributed by atoms with van der Waals surface area (Å²) in [6, 6.07) is 0. The van der Waals surface area contributed by atoms with E-state index in [1.165, 1.54) is 0 Å². The standard InChI is InChI=1S/C4H8NO2S/c1-8(2)4-3-5(6)7/h3-4H,1-2H3/q+1. The van der Waals surface area contributed by atoms with Crippen LogP contribution in [0.1, 0.15) is 0 Å². The highest BCUT2D eigenvalue weighted by molar-refractivity contribution is 7.98. The molecule has 0 unspecified atom stereocenters. The molecule has 0 saturated heterocycles. The maximum Gasteiger partial charge on any atom is 0.281 e. The SMILES string of the molecule is C[S+](C)C=C[N+](=O)[O-]. The van der Waals surface area contributed by atoms with Crippen LogP contribution in [0.2, 0.25) is 0 Å². The number of hydrogen-bond acceptors (Lipinski definition) is 2. The Morgan fingerprint density at radius 2 is 2.12 bits per heavy atom. The molecule has 0 bridgehead atoms. The lowest BCUT2D eigenvalue weighted by molar-refractivity contribution is -0.402. The Bertz CT molecular complexity index is 111. The molecule has 0 aliphatic heterocycles. The van der Waals surface area contributed by atoms with Crippen molar-refractivity contribution in [1.29, 1.82) is 0 Å². The summed E-state index contributed by atoms with van der Waals surface area (Å²) in [4.78, 5) is 9.18. The first-order valence-electron chi connectivity index (χ1n) is 2.01. The lowest BCUT2D eigenvalue weighted by Gasteiger charge is -1.77. The van der Waals surface area contributed by atoms with E-state index in [0.717, 1.165) is 6.20 Å². The van der Waals surface area contributed by atoms with Crippen molar-refractivity contribution in [3.8, 4) is 0 Å². The Morgan fingerprint density at radius 1 is 1.62 bits per heavy atom. The summed E-state index contributed by atoms with van der Waals surface area (Å²) in [5.74, 6) is 0. The van der Waals surface area contributed by atoms with E-state index >= 15 is 0 Å². The first-order valence-corrected chi connectivity index (χ1v) is 4.11. The molecule has 46 valence electrons. The average Bonchev–Trinajstić information content (AvgIpc) is 1.61. The first kappa shape index (κ1) is 7.49. The van der Waals surface area contributed by atoms with Crippen molar-refractivity contribution in [2.24, 2.45) is 0 Å². The Morgan fingerprint density at radius 3 is 2.25 bits per heavy atom. The molecule has 0 radical (unpaired) electrons. The van der Waals surface area contributed by atoms with Crippen LogP contribution in [-0.2, 0) is 10.9 Å². The van der Waals surface area contributed by atoms with Crippen LogP contribution in [0.15, 0.2) is 11.6 Å². The molecule has 0 aromatic carbocycles. The van der Waals surface area contributed by atoms with E-state index in [-0.39, 0.29) is 10.9 Å². The monoisotopic (exact) mass is 134 g/mol. The fraction of sp³-hybridized carbons (Fsp3) is 0.500. The summed E-state index contributed by atoms with van der Waals surface area (Å²) in [5.41, 5.74) is 0. The molecular weight excluding hydrogens is 126 g/mol. The molecule has 4 heteroatoms. The highest BCUT2D eigenvalue weighted by Crippen LogP contribution is 1.84. The Kier molecular flexibility index (Phi) is 3.26. The van der Waals surface area contributed by atoms with Crippen LogP contribution in [0.4, 0.5) is 0 Å². The van der Waals surface area contributed by atoms with Gasteiger partial charge < -0.3 is 0 Å². The van der Waals surface area contributed by atoms with Gasteiger partial charge in [0.05, 0.1) is 4.92 Å². The van der Waals surface area contributed by atoms with E-state index in [0.29, 0.717) is 0 Å². The number of rotatable bonds is 2. The highest BCUT2D eigenvalue weighted by Gasteiger charge is 1.96. The molecule has 0 N–H and O–H groups in total. The minimum atomic E-state index is -0.451. The van der Waals surface area contributed by atoms with Crippen LogP contribution >= 0.6 is 0 Å². The number of nitro groups is 1. The van der Waals surface area contributed by atoms with Gasteiger partial charge in [0.25, 0.3) is 6.20 Å². The summed E-state index contributed by atoms with van der Waals surface area (Å²) < 4.78 is 0. The molecule has 0 atom stereocenters. The molecule has 0 fully saturated rings. The van der Waals surface area contributed by atoms with Crippen LogP contribution < -0.4 is 0 Å². The van der Waals surface area contributed by atoms with Crippen molar-refractivity contribution in [3.63, 3.8) is 0 Å². The molecule has 0 aliphatic rings. The third-order valence-corrected chi connectivity index (χ3v) is 1.12. The van der Waals surface area contributed by atoms with Crippen molar-refractivity contribution in [2.75, 3.05) is 12.5 Å². The van der Waals surface area contributed by atoms with Gasteiger partial charge in [-0.2, -0.15) is 0 Å². The summed E-state index contributed by atoms with van der Waals surface area (Å²) in [5, 5.41) is 11.2. The topological polar surface area (TPSA) is 43.1 Å². The summed E-state index contributed by atoms with van der Waals surface area (Å²) in [7, 11) is 0.0416. The van der Waals surface area contributed by atoms with Crippen molar-refractivity contribution >= 4 is 10.9 Å². The van der Waals surface area contributed by atoms with Crippen molar-refractivity contribution in [1.82, 2.24) is 0 Å². The maximum absolute atomic E-state index is 9.63. The second kappa shape index (κ2) is 3.49. The van der Waals surface area contributed by atoms with Gasteiger partial charge in [0.1, 0.15) is 12.5 Å². The molecule has 0 aromatic heterocycles. The quantitative estimate of drug-likeness (QED) is 0.315. The van der Waals surface area contributed by atoms with Crippen LogP contribution in [0, 0.1) is 10.1 Å². The van der Waals surface area contributed by atoms with Gasteiger partial charge in [0, 0.05) is 10.9 Å². The van der Waals surface area contributed by atoms with E-state index in [9.17, 15) is 10.1 Å². The van der Waals surface area contributed by atoms with E-state index < -0.39 is 4.92 Å². The average molecular weight is 134 g/mol. The molecular formula is C4H8NO2S+. The van der Waals surface area contributed by atoms with Crippen molar-refractivity contribution < 1.29 is 4.92 Å². The summed E-state index contributed by atoms with van der Waals surface area (Å²) >= 11 is 0. The normalized spacial score (nSPS) is 10.9. The zero-order chi connectivity index (χ0) is 6.57. The van der Waals surface area contributed by atoms with Gasteiger partial charge in [-0.1, -0.05) is 0 Å². The van der Waals surface area contributed by atoms with Crippen LogP contribution in [0.3, 0.4) is 0 Å². The molecule has 0 rings (SSSR count). The third kappa shape index (κ3) is 5.49. The van der Waals surface area contributed by atoms with Gasteiger partial charge in [-0.25, -0.2) is 0 Å². The Hall–Kier alpha value is -0.510. The van der Waals surface area contributed by atoms with Gasteiger partial charge in [0.15, 0.2) is 5.41 Å². The van der Waals surface area contributed by atoms with E-state index in [1.807, 2.05) is 12.5 Å². The number of nitrogens with zero attached hydrogens (tertiary/aromatic N) is 1. The smallest absolute Gasteiger partial charge is 0.259 e. The lowest BCUT2D eigenvalue weighted by Crippen LogP contribution is -1.90. The summed E-state index contributed by atoms with van der Waals surface area (Å²) in [6.45, 7) is 0. The summed E-state index contributed by atoms with van der Waals surface area (Å²) in [6.07, 6.45) is 4.81. The Labute approximate surface area is 50.9 Å². The largest absolute Gasteiger partial charge is 0.281 e. The van der Waals surface area contributed by atoms with E-state index in [4.69, 9.17) is 0 Å². The molecule has 0 amide bonds. The van der Waals surface area contributed by atoms with Gasteiger partial charge in [-0.3, -0.25) is 10.1 Å². The predicted octanol–water partition coefficient (Wildman–Crippen LogP) is 0.612. The first-order chi connectivity index (χ1) is 3.63. The molecule has 0 heterocycles. The zero-order valence-corrected chi connectivity index (χ0v) is 5.64. The van der Waals surface area contributed by atoms with E-state index in [1.54, 1.807) is 5.41 Å². The Balaban J connectivity index is 3.50. The van der Waals surface area contributed by atoms with Gasteiger partial charge >= 0.3 is 0 Å². The van der Waals surface area contributed by atoms with Crippen molar-refractivity contribution in [3.05, 3.63) is 21.7 Å². The van der Waals surface area contributed by atoms with Gasteiger partial charge in [-0.05, 0) is 0 Å². The fourth-order valence-corrected chi connectivity index (χ4v) is 0.514. The molecule has 3 nitrogen and oxygen atoms in total. The zero-order valence-electron chi connectivity index (χ0n) is 4.83. The second-order valence-electron chi connectivity index (χ2n) is 1.45. The maximum atomic E-state index is 9.63. The third-order valence-electron chi connectivity index (χ3n) is 0.455. The molecule has 0 aliphatic carbocycles. The fourth-order valence-electron chi connectivity index (χ4n) is 0.171. The second-order valence-corrected chi connectivity index (χ2v) is 3.48. The predicted molar refractivity (Wildman–Crippen MR) is 35.3 cm³/mol. The molecule has 0 saturated carbocycles. The van der Waals surface area contributed by atoms with Crippen LogP contribution in [0.25, 0.3) is 0 Å². The van der Waals surface area contributed by atoms with Gasteiger partial charge in [-0.15, -0.1) is 0 Å². The molecule has 8 heavy (non-hydrogen) atoms. The highest BCUT2D eigenvalue weighted by atomic mass is 32.2. The van der Waals surface area contributed by atoms with E-state index in [2.05, 4.69) is 0 Å². The molecule has 0 spiro atoms. The van der Waals surface area contributed by atoms with Crippen molar-refractivity contribution in [2.45, 2.75) is 0 Å². The van der Waals surface area contributed by atoms with Crippen LogP contribution in [0.5, 0.6) is 0 Å².